The van der Waals surface area contributed by atoms with E-state index in [1.54, 1.807) is 11.9 Å². The number of amides is 1. The van der Waals surface area contributed by atoms with Gasteiger partial charge in [0.05, 0.1) is 13.2 Å². The van der Waals surface area contributed by atoms with Crippen LogP contribution >= 0.6 is 0 Å². The van der Waals surface area contributed by atoms with Crippen LogP contribution in [0.25, 0.3) is 0 Å². The minimum atomic E-state index is -0.363. The highest BCUT2D eigenvalue weighted by Crippen LogP contribution is 2.18. The normalized spacial score (nSPS) is 26.4. The lowest BCUT2D eigenvalue weighted by atomic mass is 9.98. The van der Waals surface area contributed by atoms with Gasteiger partial charge in [-0.1, -0.05) is 6.92 Å². The molecule has 0 bridgehead atoms. The van der Waals surface area contributed by atoms with Crippen LogP contribution in [0.2, 0.25) is 0 Å². The lowest BCUT2D eigenvalue weighted by molar-refractivity contribution is -0.147. The zero-order valence-corrected chi connectivity index (χ0v) is 10.2. The van der Waals surface area contributed by atoms with Crippen molar-refractivity contribution >= 4 is 11.9 Å². The van der Waals surface area contributed by atoms with E-state index in [1.807, 2.05) is 0 Å². The summed E-state index contributed by atoms with van der Waals surface area (Å²) in [6, 6.07) is -0.188. The molecular weight excluding hydrogens is 208 g/mol. The van der Waals surface area contributed by atoms with Crippen molar-refractivity contribution < 1.29 is 14.3 Å². The van der Waals surface area contributed by atoms with Gasteiger partial charge in [-0.25, -0.2) is 0 Å². The summed E-state index contributed by atoms with van der Waals surface area (Å²) in [5.41, 5.74) is 0. The minimum Gasteiger partial charge on any atom is -0.468 e. The zero-order chi connectivity index (χ0) is 12.1. The van der Waals surface area contributed by atoms with Gasteiger partial charge in [0.2, 0.25) is 5.91 Å². The fraction of sp³-hybridized carbons (Fsp3) is 0.818. The molecule has 16 heavy (non-hydrogen) atoms. The molecule has 0 aromatic carbocycles. The predicted octanol–water partition coefficient (Wildman–Crippen LogP) is 0.00590. The number of esters is 1. The van der Waals surface area contributed by atoms with Crippen molar-refractivity contribution in [2.24, 2.45) is 5.92 Å². The predicted molar refractivity (Wildman–Crippen MR) is 59.8 cm³/mol. The van der Waals surface area contributed by atoms with Gasteiger partial charge >= 0.3 is 5.97 Å². The quantitative estimate of drug-likeness (QED) is 0.691. The lowest BCUT2D eigenvalue weighted by Crippen LogP contribution is -2.48. The van der Waals surface area contributed by atoms with Gasteiger partial charge in [0.1, 0.15) is 6.54 Å². The summed E-state index contributed by atoms with van der Waals surface area (Å²) in [4.78, 5) is 24.9. The fourth-order valence-corrected chi connectivity index (χ4v) is 2.11. The summed E-state index contributed by atoms with van der Waals surface area (Å²) in [6.07, 6.45) is 1.93. The van der Waals surface area contributed by atoms with Gasteiger partial charge in [-0.15, -0.1) is 0 Å². The number of rotatable bonds is 3. The highest BCUT2D eigenvalue weighted by atomic mass is 16.5. The van der Waals surface area contributed by atoms with E-state index in [1.165, 1.54) is 7.11 Å². The number of methoxy groups -OCH3 is 1. The third-order valence-corrected chi connectivity index (χ3v) is 3.09. The SMILES string of the molecule is CNC1C(=O)N(CC(=O)OC)CCCC1C. The summed E-state index contributed by atoms with van der Waals surface area (Å²) in [6.45, 7) is 2.75. The van der Waals surface area contributed by atoms with E-state index in [9.17, 15) is 9.59 Å². The summed E-state index contributed by atoms with van der Waals surface area (Å²) < 4.78 is 4.58. The van der Waals surface area contributed by atoms with Crippen LogP contribution < -0.4 is 5.32 Å². The van der Waals surface area contributed by atoms with Gasteiger partial charge in [0.15, 0.2) is 0 Å². The molecule has 1 heterocycles. The smallest absolute Gasteiger partial charge is 0.325 e. The largest absolute Gasteiger partial charge is 0.468 e. The molecule has 92 valence electrons. The number of carbonyl (C=O) groups excluding carboxylic acids is 2. The topological polar surface area (TPSA) is 58.6 Å². The van der Waals surface area contributed by atoms with Crippen molar-refractivity contribution in [1.82, 2.24) is 10.2 Å². The van der Waals surface area contributed by atoms with Crippen molar-refractivity contribution in [3.63, 3.8) is 0 Å². The second-order valence-corrected chi connectivity index (χ2v) is 4.22. The molecule has 5 heteroatoms. The van der Waals surface area contributed by atoms with Gasteiger partial charge in [0, 0.05) is 6.54 Å². The highest BCUT2D eigenvalue weighted by molar-refractivity contribution is 5.86. The van der Waals surface area contributed by atoms with Crippen LogP contribution in [0.3, 0.4) is 0 Å². The van der Waals surface area contributed by atoms with Gasteiger partial charge in [-0.05, 0) is 25.8 Å². The maximum atomic E-state index is 12.1. The number of likely N-dealkylation sites (N-methyl/N-ethyl adjacent to an activating group) is 1. The highest BCUT2D eigenvalue weighted by Gasteiger charge is 2.31. The molecular formula is C11H20N2O3. The summed E-state index contributed by atoms with van der Waals surface area (Å²) >= 11 is 0. The van der Waals surface area contributed by atoms with E-state index in [0.29, 0.717) is 12.5 Å². The average molecular weight is 228 g/mol. The molecule has 0 aromatic rings. The Hall–Kier alpha value is -1.10. The molecule has 1 rings (SSSR count). The Morgan fingerprint density at radius 2 is 2.31 bits per heavy atom. The molecule has 0 saturated carbocycles. The summed E-state index contributed by atoms with van der Waals surface area (Å²) in [5, 5.41) is 3.02. The van der Waals surface area contributed by atoms with Crippen LogP contribution in [-0.2, 0) is 14.3 Å². The van der Waals surface area contributed by atoms with Crippen LogP contribution in [0.5, 0.6) is 0 Å². The Morgan fingerprint density at radius 1 is 1.62 bits per heavy atom. The van der Waals surface area contributed by atoms with Crippen LogP contribution in [0.15, 0.2) is 0 Å². The molecule has 1 aliphatic rings. The van der Waals surface area contributed by atoms with Crippen molar-refractivity contribution in [2.75, 3.05) is 27.2 Å². The summed E-state index contributed by atoms with van der Waals surface area (Å²) in [7, 11) is 3.11. The molecule has 1 N–H and O–H groups in total. The molecule has 0 spiro atoms. The molecule has 0 radical (unpaired) electrons. The second-order valence-electron chi connectivity index (χ2n) is 4.22. The van der Waals surface area contributed by atoms with E-state index in [-0.39, 0.29) is 24.5 Å². The lowest BCUT2D eigenvalue weighted by Gasteiger charge is -2.25. The molecule has 2 atom stereocenters. The first-order valence-corrected chi connectivity index (χ1v) is 5.63. The monoisotopic (exact) mass is 228 g/mol. The van der Waals surface area contributed by atoms with E-state index < -0.39 is 0 Å². The fourth-order valence-electron chi connectivity index (χ4n) is 2.11. The molecule has 1 amide bonds. The second kappa shape index (κ2) is 5.84. The number of hydrogen-bond acceptors (Lipinski definition) is 4. The number of hydrogen-bond donors (Lipinski definition) is 1. The third-order valence-electron chi connectivity index (χ3n) is 3.09. The Bertz CT molecular complexity index is 268. The zero-order valence-electron chi connectivity index (χ0n) is 10.2. The number of nitrogens with zero attached hydrogens (tertiary/aromatic N) is 1. The third kappa shape index (κ3) is 2.95. The number of likely N-dealkylation sites (tertiary alicyclic amines) is 1. The Balaban J connectivity index is 2.70. The van der Waals surface area contributed by atoms with E-state index in [4.69, 9.17) is 0 Å². The van der Waals surface area contributed by atoms with Crippen LogP contribution in [0, 0.1) is 5.92 Å². The van der Waals surface area contributed by atoms with Crippen LogP contribution in [0.4, 0.5) is 0 Å². The van der Waals surface area contributed by atoms with Crippen LogP contribution in [-0.4, -0.2) is 50.1 Å². The van der Waals surface area contributed by atoms with Crippen LogP contribution in [0.1, 0.15) is 19.8 Å². The number of carbonyl (C=O) groups is 2. The number of ether oxygens (including phenoxy) is 1. The average Bonchev–Trinajstić information content (AvgIpc) is 2.39. The maximum Gasteiger partial charge on any atom is 0.325 e. The Kier molecular flexibility index (Phi) is 4.73. The first-order valence-electron chi connectivity index (χ1n) is 5.63. The van der Waals surface area contributed by atoms with Crippen molar-refractivity contribution in [3.8, 4) is 0 Å². The molecule has 5 nitrogen and oxygen atoms in total. The van der Waals surface area contributed by atoms with Gasteiger partial charge in [-0.2, -0.15) is 0 Å². The van der Waals surface area contributed by atoms with Gasteiger partial charge in [-0.3, -0.25) is 9.59 Å². The summed E-state index contributed by atoms with van der Waals surface area (Å²) in [5.74, 6) is -0.0594. The maximum absolute atomic E-state index is 12.1. The first-order chi connectivity index (χ1) is 7.60. The first kappa shape index (κ1) is 13.0. The molecule has 1 saturated heterocycles. The molecule has 0 aromatic heterocycles. The molecule has 2 unspecified atom stereocenters. The Labute approximate surface area is 96.1 Å². The van der Waals surface area contributed by atoms with Crippen molar-refractivity contribution in [3.05, 3.63) is 0 Å². The number of nitrogens with one attached hydrogen (secondary N) is 1. The van der Waals surface area contributed by atoms with E-state index in [2.05, 4.69) is 17.0 Å². The van der Waals surface area contributed by atoms with Crippen molar-refractivity contribution in [1.29, 1.82) is 0 Å². The Morgan fingerprint density at radius 3 is 2.88 bits per heavy atom. The van der Waals surface area contributed by atoms with E-state index >= 15 is 0 Å². The molecule has 1 aliphatic heterocycles. The minimum absolute atomic E-state index is 0.00194. The van der Waals surface area contributed by atoms with Gasteiger partial charge < -0.3 is 15.0 Å². The standard InChI is InChI=1S/C11H20N2O3/c1-8-5-4-6-13(7-9(14)16-3)11(15)10(8)12-2/h8,10,12H,4-7H2,1-3H3. The molecule has 0 aliphatic carbocycles. The van der Waals surface area contributed by atoms with E-state index in [0.717, 1.165) is 12.8 Å². The molecule has 1 fully saturated rings. The van der Waals surface area contributed by atoms with Gasteiger partial charge in [0.25, 0.3) is 0 Å². The van der Waals surface area contributed by atoms with Crippen molar-refractivity contribution in [2.45, 2.75) is 25.8 Å².